The number of nitrogens with one attached hydrogen (secondary N) is 3. The highest BCUT2D eigenvalue weighted by Crippen LogP contribution is 2.13. The minimum atomic E-state index is -0.690. The molecule has 0 saturated heterocycles. The number of nitrogens with zero attached hydrogens (tertiary/aromatic N) is 10. The van der Waals surface area contributed by atoms with Gasteiger partial charge < -0.3 is 30.0 Å². The van der Waals surface area contributed by atoms with Crippen LogP contribution in [0.4, 0.5) is 11.6 Å². The van der Waals surface area contributed by atoms with Crippen molar-refractivity contribution in [3.8, 4) is 0 Å². The van der Waals surface area contributed by atoms with Crippen molar-refractivity contribution in [2.45, 2.75) is 0 Å². The van der Waals surface area contributed by atoms with Crippen LogP contribution in [0.15, 0.2) is 23.5 Å². The molecule has 0 unspecified atom stereocenters. The van der Waals surface area contributed by atoms with Gasteiger partial charge in [0.25, 0.3) is 17.7 Å². The molecule has 0 aliphatic rings. The van der Waals surface area contributed by atoms with Crippen LogP contribution < -0.4 is 21.6 Å². The van der Waals surface area contributed by atoms with Gasteiger partial charge in [-0.15, -0.1) is 5.10 Å². The number of hydrogen-bond acceptors (Lipinski definition) is 10. The van der Waals surface area contributed by atoms with Crippen LogP contribution in [0, 0.1) is 0 Å². The number of aromatic nitrogens is 9. The molecular formula is C20H25N13O4. The van der Waals surface area contributed by atoms with Crippen LogP contribution in [-0.4, -0.2) is 93.3 Å². The second-order valence-electron chi connectivity index (χ2n) is 8.37. The van der Waals surface area contributed by atoms with Crippen LogP contribution >= 0.6 is 0 Å². The van der Waals surface area contributed by atoms with Crippen molar-refractivity contribution in [1.29, 1.82) is 0 Å². The third kappa shape index (κ3) is 5.20. The Morgan fingerprint density at radius 2 is 1.51 bits per heavy atom. The van der Waals surface area contributed by atoms with Crippen LogP contribution in [-0.2, 0) is 21.1 Å². The third-order valence-corrected chi connectivity index (χ3v) is 5.20. The standard InChI is InChI=1S/C20H25N13O4/c1-29(2)7-6-21-18(35)15-23-12(9-30(15)3)26-19(36)16-24-11(8-31(16)4)25-17(34)13-14-27-28-32(5)20(37)33(14)10-22-13/h8-10H,6-7H2,1-5H3,(H,21,35)(H,25,34)(H,26,36). The van der Waals surface area contributed by atoms with Crippen molar-refractivity contribution in [2.24, 2.45) is 21.1 Å². The Kier molecular flexibility index (Phi) is 6.79. The van der Waals surface area contributed by atoms with Crippen LogP contribution in [0.3, 0.4) is 0 Å². The van der Waals surface area contributed by atoms with E-state index in [1.54, 1.807) is 14.1 Å². The van der Waals surface area contributed by atoms with E-state index in [0.717, 1.165) is 9.08 Å². The predicted molar refractivity (Wildman–Crippen MR) is 129 cm³/mol. The van der Waals surface area contributed by atoms with E-state index in [2.05, 4.69) is 41.2 Å². The molecule has 4 heterocycles. The summed E-state index contributed by atoms with van der Waals surface area (Å²) in [6.45, 7) is 1.11. The number of hydrogen-bond donors (Lipinski definition) is 3. The SMILES string of the molecule is CN(C)CCNC(=O)c1nc(NC(=O)c2nc(NC(=O)c3ncn4c(=O)n(C)nnc34)cn2C)cn1C. The van der Waals surface area contributed by atoms with Crippen molar-refractivity contribution in [3.63, 3.8) is 0 Å². The van der Waals surface area contributed by atoms with E-state index in [4.69, 9.17) is 0 Å². The number of rotatable bonds is 8. The summed E-state index contributed by atoms with van der Waals surface area (Å²) < 4.78 is 4.99. The first-order valence-corrected chi connectivity index (χ1v) is 10.9. The molecule has 17 nitrogen and oxygen atoms in total. The molecule has 3 amide bonds. The Morgan fingerprint density at radius 3 is 2.14 bits per heavy atom. The van der Waals surface area contributed by atoms with Crippen LogP contribution in [0.25, 0.3) is 5.65 Å². The molecule has 4 aromatic heterocycles. The first kappa shape index (κ1) is 25.2. The molecule has 17 heteroatoms. The lowest BCUT2D eigenvalue weighted by Crippen LogP contribution is -2.32. The average molecular weight is 512 g/mol. The molecule has 3 N–H and O–H groups in total. The second kappa shape index (κ2) is 9.97. The highest BCUT2D eigenvalue weighted by molar-refractivity contribution is 6.07. The molecule has 0 bridgehead atoms. The maximum absolute atomic E-state index is 12.8. The van der Waals surface area contributed by atoms with E-state index in [0.29, 0.717) is 13.1 Å². The molecule has 0 aromatic carbocycles. The van der Waals surface area contributed by atoms with E-state index in [-0.39, 0.29) is 40.5 Å². The Bertz CT molecular complexity index is 1560. The Hall–Kier alpha value is -4.93. The normalized spacial score (nSPS) is 11.2. The molecule has 0 saturated carbocycles. The van der Waals surface area contributed by atoms with Gasteiger partial charge in [-0.1, -0.05) is 5.21 Å². The summed E-state index contributed by atoms with van der Waals surface area (Å²) >= 11 is 0. The number of likely N-dealkylation sites (N-methyl/N-ethyl adjacent to an activating group) is 1. The number of carbonyl (C=O) groups excluding carboxylic acids is 3. The van der Waals surface area contributed by atoms with E-state index < -0.39 is 17.5 Å². The average Bonchev–Trinajstić information content (AvgIpc) is 3.52. The molecular weight excluding hydrogens is 486 g/mol. The lowest BCUT2D eigenvalue weighted by atomic mass is 10.4. The molecule has 37 heavy (non-hydrogen) atoms. The molecule has 0 aliphatic carbocycles. The van der Waals surface area contributed by atoms with Crippen LogP contribution in [0.1, 0.15) is 31.7 Å². The van der Waals surface area contributed by atoms with Gasteiger partial charge in [0.2, 0.25) is 11.6 Å². The lowest BCUT2D eigenvalue weighted by molar-refractivity contribution is 0.0935. The van der Waals surface area contributed by atoms with E-state index in [9.17, 15) is 19.2 Å². The highest BCUT2D eigenvalue weighted by atomic mass is 16.2. The van der Waals surface area contributed by atoms with E-state index >= 15 is 0 Å². The molecule has 0 atom stereocenters. The first-order chi connectivity index (χ1) is 17.5. The van der Waals surface area contributed by atoms with Gasteiger partial charge >= 0.3 is 5.69 Å². The number of carbonyl (C=O) groups is 3. The zero-order chi connectivity index (χ0) is 26.9. The Labute approximate surface area is 209 Å². The molecule has 0 spiro atoms. The van der Waals surface area contributed by atoms with Gasteiger partial charge in [0.1, 0.15) is 6.33 Å². The van der Waals surface area contributed by atoms with Gasteiger partial charge in [-0.3, -0.25) is 14.4 Å². The Morgan fingerprint density at radius 1 is 0.919 bits per heavy atom. The minimum absolute atomic E-state index is 0.0220. The van der Waals surface area contributed by atoms with Crippen LogP contribution in [0.5, 0.6) is 0 Å². The van der Waals surface area contributed by atoms with Gasteiger partial charge in [0.15, 0.2) is 23.0 Å². The topological polar surface area (TPSA) is 191 Å². The smallest absolute Gasteiger partial charge is 0.348 e. The summed E-state index contributed by atoms with van der Waals surface area (Å²) in [7, 11) is 8.42. The molecule has 4 aromatic rings. The summed E-state index contributed by atoms with van der Waals surface area (Å²) in [5.41, 5.74) is -0.671. The van der Waals surface area contributed by atoms with Crippen molar-refractivity contribution in [3.05, 3.63) is 46.5 Å². The third-order valence-electron chi connectivity index (χ3n) is 5.20. The molecule has 0 fully saturated rings. The van der Waals surface area contributed by atoms with Gasteiger partial charge in [-0.25, -0.2) is 24.1 Å². The van der Waals surface area contributed by atoms with Crippen LogP contribution in [0.2, 0.25) is 0 Å². The predicted octanol–water partition coefficient (Wildman–Crippen LogP) is -1.91. The zero-order valence-electron chi connectivity index (χ0n) is 20.8. The molecule has 194 valence electrons. The van der Waals surface area contributed by atoms with Crippen molar-refractivity contribution in [1.82, 2.24) is 53.7 Å². The van der Waals surface area contributed by atoms with Gasteiger partial charge in [-0.05, 0) is 14.1 Å². The number of amides is 3. The van der Waals surface area contributed by atoms with Gasteiger partial charge in [0.05, 0.1) is 0 Å². The van der Waals surface area contributed by atoms with Crippen molar-refractivity contribution in [2.75, 3.05) is 37.8 Å². The summed E-state index contributed by atoms with van der Waals surface area (Å²) in [6.07, 6.45) is 4.10. The minimum Gasteiger partial charge on any atom is -0.348 e. The summed E-state index contributed by atoms with van der Waals surface area (Å²) in [5.74, 6) is -1.34. The monoisotopic (exact) mass is 511 g/mol. The summed E-state index contributed by atoms with van der Waals surface area (Å²) in [5, 5.41) is 15.4. The fourth-order valence-corrected chi connectivity index (χ4v) is 3.34. The number of imidazole rings is 3. The quantitative estimate of drug-likeness (QED) is 0.240. The highest BCUT2D eigenvalue weighted by Gasteiger charge is 2.21. The summed E-state index contributed by atoms with van der Waals surface area (Å²) in [6, 6.07) is 0. The zero-order valence-corrected chi connectivity index (χ0v) is 20.8. The fourth-order valence-electron chi connectivity index (χ4n) is 3.34. The molecule has 0 radical (unpaired) electrons. The number of anilines is 2. The molecule has 4 rings (SSSR count). The van der Waals surface area contributed by atoms with Crippen molar-refractivity contribution >= 4 is 35.0 Å². The largest absolute Gasteiger partial charge is 0.352 e. The van der Waals surface area contributed by atoms with Gasteiger partial charge in [0, 0.05) is 46.6 Å². The van der Waals surface area contributed by atoms with E-state index in [1.165, 1.54) is 34.9 Å². The second-order valence-corrected chi connectivity index (χ2v) is 8.37. The number of fused-ring (bicyclic) bond motifs is 1. The fraction of sp³-hybridized carbons (Fsp3) is 0.350. The first-order valence-electron chi connectivity index (χ1n) is 10.9. The lowest BCUT2D eigenvalue weighted by Gasteiger charge is -2.09. The van der Waals surface area contributed by atoms with E-state index in [1.807, 2.05) is 19.0 Å². The molecule has 0 aliphatic heterocycles. The van der Waals surface area contributed by atoms with Crippen molar-refractivity contribution < 1.29 is 14.4 Å². The number of aryl methyl sites for hydroxylation is 3. The Balaban J connectivity index is 1.45. The summed E-state index contributed by atoms with van der Waals surface area (Å²) in [4.78, 5) is 64.2. The maximum atomic E-state index is 12.8. The maximum Gasteiger partial charge on any atom is 0.352 e. The van der Waals surface area contributed by atoms with Gasteiger partial charge in [-0.2, -0.15) is 4.68 Å².